The molecule has 0 unspecified atom stereocenters. The van der Waals surface area contributed by atoms with Gasteiger partial charge in [-0.15, -0.1) is 0 Å². The van der Waals surface area contributed by atoms with E-state index in [0.717, 1.165) is 6.42 Å². The van der Waals surface area contributed by atoms with Crippen LogP contribution in [0.2, 0.25) is 0 Å². The lowest BCUT2D eigenvalue weighted by Gasteiger charge is -2.24. The predicted octanol–water partition coefficient (Wildman–Crippen LogP) is 2.16. The maximum atomic E-state index is 12.5. The lowest BCUT2D eigenvalue weighted by Crippen LogP contribution is -2.36. The minimum Gasteiger partial charge on any atom is -0.495 e. The summed E-state index contributed by atoms with van der Waals surface area (Å²) in [5.74, 6) is -1.73. The Balaban J connectivity index is 1.82. The monoisotopic (exact) mass is 287 g/mol. The summed E-state index contributed by atoms with van der Waals surface area (Å²) in [6, 6.07) is 7.11. The second-order valence-corrected chi connectivity index (χ2v) is 5.53. The van der Waals surface area contributed by atoms with Gasteiger partial charge in [0, 0.05) is 0 Å². The zero-order valence-corrected chi connectivity index (χ0v) is 11.7. The number of anilines is 1. The highest BCUT2D eigenvalue weighted by Gasteiger charge is 2.51. The van der Waals surface area contributed by atoms with E-state index >= 15 is 0 Å². The first-order valence-electron chi connectivity index (χ1n) is 6.97. The quantitative estimate of drug-likeness (QED) is 0.832. The highest BCUT2D eigenvalue weighted by Crippen LogP contribution is 2.48. The normalized spacial score (nSPS) is 29.4. The molecule has 1 saturated carbocycles. The summed E-state index contributed by atoms with van der Waals surface area (Å²) in [4.78, 5) is 24.0. The Bertz CT molecular complexity index is 610. The zero-order valence-electron chi connectivity index (χ0n) is 11.7. The molecule has 0 radical (unpaired) electrons. The van der Waals surface area contributed by atoms with Crippen molar-refractivity contribution in [2.75, 3.05) is 12.4 Å². The molecule has 2 N–H and O–H groups in total. The predicted molar refractivity (Wildman–Crippen MR) is 77.0 cm³/mol. The van der Waals surface area contributed by atoms with Crippen LogP contribution in [-0.4, -0.2) is 24.1 Å². The van der Waals surface area contributed by atoms with Gasteiger partial charge in [-0.3, -0.25) is 9.59 Å². The van der Waals surface area contributed by atoms with Gasteiger partial charge in [-0.2, -0.15) is 0 Å². The SMILES string of the molecule is COc1ccccc1NC(=O)[C@H]1[C@@H](C(=O)O)[C@H]2C=C[C@@H]1C2. The number of ether oxygens (including phenoxy) is 1. The molecule has 0 spiro atoms. The van der Waals surface area contributed by atoms with Crippen LogP contribution in [0.4, 0.5) is 5.69 Å². The molecule has 0 saturated heterocycles. The third-order valence-corrected chi connectivity index (χ3v) is 4.41. The number of para-hydroxylation sites is 2. The number of hydrogen-bond acceptors (Lipinski definition) is 3. The highest BCUT2D eigenvalue weighted by molar-refractivity contribution is 5.97. The molecular formula is C16H17NO4. The van der Waals surface area contributed by atoms with Crippen LogP contribution in [-0.2, 0) is 9.59 Å². The maximum Gasteiger partial charge on any atom is 0.307 e. The van der Waals surface area contributed by atoms with Crippen molar-refractivity contribution in [1.82, 2.24) is 0 Å². The number of carbonyl (C=O) groups is 2. The Morgan fingerprint density at radius 1 is 1.19 bits per heavy atom. The number of methoxy groups -OCH3 is 1. The van der Waals surface area contributed by atoms with Gasteiger partial charge >= 0.3 is 5.97 Å². The number of hydrogen-bond donors (Lipinski definition) is 2. The van der Waals surface area contributed by atoms with Crippen molar-refractivity contribution < 1.29 is 19.4 Å². The molecule has 2 aliphatic rings. The summed E-state index contributed by atoms with van der Waals surface area (Å²) in [5, 5.41) is 12.2. The van der Waals surface area contributed by atoms with Gasteiger partial charge in [0.05, 0.1) is 24.6 Å². The Labute approximate surface area is 122 Å². The van der Waals surface area contributed by atoms with E-state index in [0.29, 0.717) is 11.4 Å². The van der Waals surface area contributed by atoms with Gasteiger partial charge < -0.3 is 15.2 Å². The summed E-state index contributed by atoms with van der Waals surface area (Å²) in [7, 11) is 1.53. The number of nitrogens with one attached hydrogen (secondary N) is 1. The van der Waals surface area contributed by atoms with Crippen LogP contribution in [0.5, 0.6) is 5.75 Å². The van der Waals surface area contributed by atoms with Gasteiger partial charge in [0.25, 0.3) is 0 Å². The van der Waals surface area contributed by atoms with Crippen molar-refractivity contribution in [3.05, 3.63) is 36.4 Å². The van der Waals surface area contributed by atoms with Gasteiger partial charge in [-0.05, 0) is 30.4 Å². The van der Waals surface area contributed by atoms with Crippen LogP contribution in [0.3, 0.4) is 0 Å². The van der Waals surface area contributed by atoms with Crippen LogP contribution >= 0.6 is 0 Å². The fourth-order valence-electron chi connectivity index (χ4n) is 3.48. The summed E-state index contributed by atoms with van der Waals surface area (Å²) in [6.45, 7) is 0. The van der Waals surface area contributed by atoms with Crippen LogP contribution in [0.15, 0.2) is 36.4 Å². The maximum absolute atomic E-state index is 12.5. The molecule has 5 nitrogen and oxygen atoms in total. The number of benzene rings is 1. The van der Waals surface area contributed by atoms with Crippen molar-refractivity contribution in [3.63, 3.8) is 0 Å². The fraction of sp³-hybridized carbons (Fsp3) is 0.375. The molecule has 1 aromatic carbocycles. The molecule has 2 bridgehead atoms. The Morgan fingerprint density at radius 2 is 1.86 bits per heavy atom. The summed E-state index contributed by atoms with van der Waals surface area (Å²) in [5.41, 5.74) is 0.570. The molecule has 3 rings (SSSR count). The van der Waals surface area contributed by atoms with E-state index in [1.165, 1.54) is 7.11 Å². The van der Waals surface area contributed by atoms with Crippen LogP contribution < -0.4 is 10.1 Å². The first-order valence-corrected chi connectivity index (χ1v) is 6.97. The molecule has 1 fully saturated rings. The number of carboxylic acids is 1. The van der Waals surface area contributed by atoms with Crippen molar-refractivity contribution >= 4 is 17.6 Å². The van der Waals surface area contributed by atoms with E-state index in [1.807, 2.05) is 18.2 Å². The average Bonchev–Trinajstić information content (AvgIpc) is 3.08. The number of carbonyl (C=O) groups excluding carboxylic acids is 1. The van der Waals surface area contributed by atoms with Crippen molar-refractivity contribution in [2.45, 2.75) is 6.42 Å². The second kappa shape index (κ2) is 5.24. The molecule has 0 heterocycles. The minimum atomic E-state index is -0.896. The van der Waals surface area contributed by atoms with Crippen LogP contribution in [0.1, 0.15) is 6.42 Å². The number of allylic oxidation sites excluding steroid dienone is 2. The fourth-order valence-corrected chi connectivity index (χ4v) is 3.48. The summed E-state index contributed by atoms with van der Waals surface area (Å²) >= 11 is 0. The van der Waals surface area contributed by atoms with Crippen LogP contribution in [0, 0.1) is 23.7 Å². The average molecular weight is 287 g/mol. The van der Waals surface area contributed by atoms with Crippen molar-refractivity contribution in [3.8, 4) is 5.75 Å². The minimum absolute atomic E-state index is 0.0193. The van der Waals surface area contributed by atoms with Crippen LogP contribution in [0.25, 0.3) is 0 Å². The van der Waals surface area contributed by atoms with Gasteiger partial charge in [0.1, 0.15) is 5.75 Å². The number of rotatable bonds is 4. The molecule has 0 aromatic heterocycles. The van der Waals surface area contributed by atoms with Gasteiger partial charge in [-0.25, -0.2) is 0 Å². The molecule has 5 heteroatoms. The molecule has 4 atom stereocenters. The van der Waals surface area contributed by atoms with E-state index in [9.17, 15) is 14.7 Å². The van der Waals surface area contributed by atoms with Gasteiger partial charge in [0.15, 0.2) is 0 Å². The standard InChI is InChI=1S/C16H17NO4/c1-21-12-5-3-2-4-11(12)17-15(18)13-9-6-7-10(8-9)14(13)16(19)20/h2-7,9-10,13-14H,8H2,1H3,(H,17,18)(H,19,20)/t9-,10+,13-,14+/m1/s1. The molecule has 1 amide bonds. The molecule has 0 aliphatic heterocycles. The van der Waals surface area contributed by atoms with Crippen molar-refractivity contribution in [2.24, 2.45) is 23.7 Å². The highest BCUT2D eigenvalue weighted by atomic mass is 16.5. The van der Waals surface area contributed by atoms with E-state index in [-0.39, 0.29) is 17.7 Å². The zero-order chi connectivity index (χ0) is 15.0. The smallest absolute Gasteiger partial charge is 0.307 e. The van der Waals surface area contributed by atoms with E-state index in [4.69, 9.17) is 4.74 Å². The van der Waals surface area contributed by atoms with Crippen molar-refractivity contribution in [1.29, 1.82) is 0 Å². The summed E-state index contributed by atoms with van der Waals surface area (Å²) in [6.07, 6.45) is 4.65. The second-order valence-electron chi connectivity index (χ2n) is 5.53. The first kappa shape index (κ1) is 13.7. The largest absolute Gasteiger partial charge is 0.495 e. The molecule has 110 valence electrons. The number of amides is 1. The molecule has 21 heavy (non-hydrogen) atoms. The molecular weight excluding hydrogens is 270 g/mol. The Kier molecular flexibility index (Phi) is 3.41. The third-order valence-electron chi connectivity index (χ3n) is 4.41. The lowest BCUT2D eigenvalue weighted by molar-refractivity contribution is -0.146. The third kappa shape index (κ3) is 2.28. The topological polar surface area (TPSA) is 75.6 Å². The first-order chi connectivity index (χ1) is 10.1. The number of fused-ring (bicyclic) bond motifs is 2. The Hall–Kier alpha value is -2.30. The number of aliphatic carboxylic acids is 1. The van der Waals surface area contributed by atoms with E-state index < -0.39 is 17.8 Å². The van der Waals surface area contributed by atoms with Gasteiger partial charge in [-0.1, -0.05) is 24.3 Å². The Morgan fingerprint density at radius 3 is 2.52 bits per heavy atom. The molecule has 1 aromatic rings. The lowest BCUT2D eigenvalue weighted by atomic mass is 9.82. The number of carboxylic acid groups (broad SMARTS) is 1. The molecule has 2 aliphatic carbocycles. The van der Waals surface area contributed by atoms with E-state index in [2.05, 4.69) is 5.32 Å². The van der Waals surface area contributed by atoms with E-state index in [1.54, 1.807) is 18.2 Å². The summed E-state index contributed by atoms with van der Waals surface area (Å²) < 4.78 is 5.20. The van der Waals surface area contributed by atoms with Gasteiger partial charge in [0.2, 0.25) is 5.91 Å².